The van der Waals surface area contributed by atoms with Gasteiger partial charge in [0.2, 0.25) is 5.91 Å². The SMILES string of the molecule is C[C@H]1C[C@@](N)(C(N)=O)CCN1c1cc(Br)cc(F)c1C#N. The number of carbonyl (C=O) groups excluding carboxylic acids is 1. The molecule has 112 valence electrons. The van der Waals surface area contributed by atoms with Gasteiger partial charge in [0.15, 0.2) is 0 Å². The molecule has 1 saturated heterocycles. The zero-order chi connectivity index (χ0) is 15.8. The summed E-state index contributed by atoms with van der Waals surface area (Å²) in [6, 6.07) is 4.72. The highest BCUT2D eigenvalue weighted by atomic mass is 79.9. The van der Waals surface area contributed by atoms with E-state index >= 15 is 0 Å². The molecule has 1 aliphatic heterocycles. The third-order valence-corrected chi connectivity index (χ3v) is 4.39. The number of primary amides is 1. The van der Waals surface area contributed by atoms with Gasteiger partial charge >= 0.3 is 0 Å². The topological polar surface area (TPSA) is 96.1 Å². The third-order valence-electron chi connectivity index (χ3n) is 3.94. The van der Waals surface area contributed by atoms with Crippen molar-refractivity contribution in [1.82, 2.24) is 0 Å². The minimum absolute atomic E-state index is 0.00588. The normalized spacial score (nSPS) is 25.5. The Morgan fingerprint density at radius 2 is 2.29 bits per heavy atom. The fourth-order valence-corrected chi connectivity index (χ4v) is 3.18. The summed E-state index contributed by atoms with van der Waals surface area (Å²) >= 11 is 3.23. The van der Waals surface area contributed by atoms with Gasteiger partial charge in [0.25, 0.3) is 0 Å². The number of anilines is 1. The number of rotatable bonds is 2. The van der Waals surface area contributed by atoms with E-state index in [1.165, 1.54) is 6.07 Å². The van der Waals surface area contributed by atoms with Crippen molar-refractivity contribution in [3.8, 4) is 6.07 Å². The molecule has 2 atom stereocenters. The van der Waals surface area contributed by atoms with Gasteiger partial charge in [-0.3, -0.25) is 4.79 Å². The zero-order valence-electron chi connectivity index (χ0n) is 11.6. The Balaban J connectivity index is 2.38. The van der Waals surface area contributed by atoms with Crippen LogP contribution < -0.4 is 16.4 Å². The van der Waals surface area contributed by atoms with Gasteiger partial charge in [0.05, 0.1) is 11.2 Å². The van der Waals surface area contributed by atoms with Gasteiger partial charge in [-0.1, -0.05) is 15.9 Å². The van der Waals surface area contributed by atoms with Crippen LogP contribution in [0.15, 0.2) is 16.6 Å². The standard InChI is InChI=1S/C14H16BrFN4O/c1-8-6-14(19,13(18)21)2-3-20(8)12-5-9(15)4-11(16)10(12)7-17/h4-5,8H,2-3,6,19H2,1H3,(H2,18,21)/t8-,14+/m0/s1. The monoisotopic (exact) mass is 354 g/mol. The van der Waals surface area contributed by atoms with Crippen LogP contribution in [0.3, 0.4) is 0 Å². The lowest BCUT2D eigenvalue weighted by molar-refractivity contribution is -0.124. The molecule has 0 saturated carbocycles. The molecule has 21 heavy (non-hydrogen) atoms. The van der Waals surface area contributed by atoms with E-state index in [2.05, 4.69) is 15.9 Å². The number of nitriles is 1. The molecule has 1 aromatic carbocycles. The first-order chi connectivity index (χ1) is 9.78. The van der Waals surface area contributed by atoms with E-state index in [9.17, 15) is 9.18 Å². The van der Waals surface area contributed by atoms with Crippen LogP contribution in [0.5, 0.6) is 0 Å². The first kappa shape index (κ1) is 15.7. The van der Waals surface area contributed by atoms with Crippen molar-refractivity contribution in [3.63, 3.8) is 0 Å². The Labute approximate surface area is 130 Å². The van der Waals surface area contributed by atoms with Crippen LogP contribution in [0.2, 0.25) is 0 Å². The smallest absolute Gasteiger partial charge is 0.237 e. The summed E-state index contributed by atoms with van der Waals surface area (Å²) in [5.41, 5.74) is 10.8. The molecule has 1 heterocycles. The highest BCUT2D eigenvalue weighted by Crippen LogP contribution is 2.34. The van der Waals surface area contributed by atoms with Crippen molar-refractivity contribution in [2.75, 3.05) is 11.4 Å². The summed E-state index contributed by atoms with van der Waals surface area (Å²) in [7, 11) is 0. The van der Waals surface area contributed by atoms with E-state index in [0.717, 1.165) is 0 Å². The molecular formula is C14H16BrFN4O. The Morgan fingerprint density at radius 1 is 1.62 bits per heavy atom. The fourth-order valence-electron chi connectivity index (χ4n) is 2.76. The van der Waals surface area contributed by atoms with Crippen LogP contribution in [-0.4, -0.2) is 24.0 Å². The van der Waals surface area contributed by atoms with Crippen LogP contribution in [0.25, 0.3) is 0 Å². The summed E-state index contributed by atoms with van der Waals surface area (Å²) in [4.78, 5) is 13.3. The molecular weight excluding hydrogens is 339 g/mol. The molecule has 0 spiro atoms. The second kappa shape index (κ2) is 5.62. The number of amides is 1. The first-order valence-electron chi connectivity index (χ1n) is 6.53. The Hall–Kier alpha value is -1.65. The largest absolute Gasteiger partial charge is 0.368 e. The molecule has 7 heteroatoms. The average Bonchev–Trinajstić information content (AvgIpc) is 2.37. The fraction of sp³-hybridized carbons (Fsp3) is 0.429. The summed E-state index contributed by atoms with van der Waals surface area (Å²) in [5.74, 6) is -1.11. The highest BCUT2D eigenvalue weighted by molar-refractivity contribution is 9.10. The van der Waals surface area contributed by atoms with E-state index in [-0.39, 0.29) is 11.6 Å². The van der Waals surface area contributed by atoms with Crippen molar-refractivity contribution in [2.24, 2.45) is 11.5 Å². The summed E-state index contributed by atoms with van der Waals surface area (Å²) in [5, 5.41) is 9.17. The quantitative estimate of drug-likeness (QED) is 0.843. The maximum absolute atomic E-state index is 13.9. The predicted octanol–water partition coefficient (Wildman–Crippen LogP) is 1.63. The molecule has 2 rings (SSSR count). The maximum Gasteiger partial charge on any atom is 0.237 e. The minimum Gasteiger partial charge on any atom is -0.368 e. The van der Waals surface area contributed by atoms with Gasteiger partial charge in [-0.15, -0.1) is 0 Å². The van der Waals surface area contributed by atoms with Gasteiger partial charge in [0, 0.05) is 17.1 Å². The van der Waals surface area contributed by atoms with Crippen LogP contribution in [-0.2, 0) is 4.79 Å². The zero-order valence-corrected chi connectivity index (χ0v) is 13.2. The number of nitrogens with zero attached hydrogens (tertiary/aromatic N) is 2. The van der Waals surface area contributed by atoms with Crippen LogP contribution in [0.4, 0.5) is 10.1 Å². The highest BCUT2D eigenvalue weighted by Gasteiger charge is 2.40. The minimum atomic E-state index is -1.05. The number of nitrogens with two attached hydrogens (primary N) is 2. The van der Waals surface area contributed by atoms with Crippen molar-refractivity contribution in [2.45, 2.75) is 31.3 Å². The summed E-state index contributed by atoms with van der Waals surface area (Å²) in [6.45, 7) is 2.31. The molecule has 1 aromatic rings. The molecule has 0 aliphatic carbocycles. The van der Waals surface area contributed by atoms with E-state index in [1.54, 1.807) is 6.07 Å². The van der Waals surface area contributed by atoms with Crippen molar-refractivity contribution in [1.29, 1.82) is 5.26 Å². The van der Waals surface area contributed by atoms with Crippen LogP contribution in [0.1, 0.15) is 25.3 Å². The molecule has 5 nitrogen and oxygen atoms in total. The molecule has 4 N–H and O–H groups in total. The molecule has 1 amide bonds. The number of halogens is 2. The Morgan fingerprint density at radius 3 is 2.81 bits per heavy atom. The molecule has 0 unspecified atom stereocenters. The number of hydrogen-bond acceptors (Lipinski definition) is 4. The molecule has 1 fully saturated rings. The number of benzene rings is 1. The molecule has 1 aliphatic rings. The molecule has 0 bridgehead atoms. The van der Waals surface area contributed by atoms with Gasteiger partial charge < -0.3 is 16.4 Å². The Bertz CT molecular complexity index is 630. The van der Waals surface area contributed by atoms with Crippen molar-refractivity contribution in [3.05, 3.63) is 28.0 Å². The van der Waals surface area contributed by atoms with Crippen molar-refractivity contribution >= 4 is 27.5 Å². The lowest BCUT2D eigenvalue weighted by atomic mass is 9.83. The van der Waals surface area contributed by atoms with E-state index < -0.39 is 17.3 Å². The van der Waals surface area contributed by atoms with E-state index in [0.29, 0.717) is 29.5 Å². The van der Waals surface area contributed by atoms with Gasteiger partial charge in [-0.25, -0.2) is 4.39 Å². The lowest BCUT2D eigenvalue weighted by Gasteiger charge is -2.43. The Kier molecular flexibility index (Phi) is 4.21. The van der Waals surface area contributed by atoms with E-state index in [1.807, 2.05) is 17.9 Å². The predicted molar refractivity (Wildman–Crippen MR) is 81.0 cm³/mol. The van der Waals surface area contributed by atoms with Crippen LogP contribution in [0, 0.1) is 17.1 Å². The summed E-state index contributed by atoms with van der Waals surface area (Å²) < 4.78 is 14.5. The first-order valence-corrected chi connectivity index (χ1v) is 7.32. The number of piperidine rings is 1. The number of carbonyl (C=O) groups is 1. The lowest BCUT2D eigenvalue weighted by Crippen LogP contribution is -2.61. The van der Waals surface area contributed by atoms with Gasteiger partial charge in [-0.2, -0.15) is 5.26 Å². The maximum atomic E-state index is 13.9. The average molecular weight is 355 g/mol. The molecule has 0 aromatic heterocycles. The third kappa shape index (κ3) is 2.87. The van der Waals surface area contributed by atoms with Gasteiger partial charge in [0.1, 0.15) is 17.4 Å². The van der Waals surface area contributed by atoms with Crippen LogP contribution >= 0.6 is 15.9 Å². The second-order valence-corrected chi connectivity index (χ2v) is 6.33. The second-order valence-electron chi connectivity index (χ2n) is 5.41. The molecule has 0 radical (unpaired) electrons. The van der Waals surface area contributed by atoms with E-state index in [4.69, 9.17) is 16.7 Å². The number of hydrogen-bond donors (Lipinski definition) is 2. The van der Waals surface area contributed by atoms with Gasteiger partial charge in [-0.05, 0) is 31.9 Å². The van der Waals surface area contributed by atoms with Crippen molar-refractivity contribution < 1.29 is 9.18 Å². The summed E-state index contributed by atoms with van der Waals surface area (Å²) in [6.07, 6.45) is 0.729.